The van der Waals surface area contributed by atoms with Gasteiger partial charge in [-0.3, -0.25) is 18.7 Å². The first-order valence-electron chi connectivity index (χ1n) is 17.2. The summed E-state index contributed by atoms with van der Waals surface area (Å²) in [7, 11) is 0.562. The average molecular weight is 691 g/mol. The second kappa shape index (κ2) is 21.1. The number of allylic oxidation sites excluding steroid dienone is 1. The molecule has 0 saturated heterocycles. The van der Waals surface area contributed by atoms with Gasteiger partial charge in [-0.1, -0.05) is 34.3 Å². The molecule has 0 unspecified atom stereocenters. The predicted octanol–water partition coefficient (Wildman–Crippen LogP) is 6.13. The maximum atomic E-state index is 9.12. The molecule has 0 saturated carbocycles. The van der Waals surface area contributed by atoms with E-state index in [1.807, 2.05) is 87.3 Å². The summed E-state index contributed by atoms with van der Waals surface area (Å²) in [5.41, 5.74) is 11.5. The normalized spacial score (nSPS) is 10.3. The van der Waals surface area contributed by atoms with Crippen LogP contribution in [0.5, 0.6) is 0 Å². The molecule has 5 rings (SSSR count). The molecule has 276 valence electrons. The summed E-state index contributed by atoms with van der Waals surface area (Å²) < 4.78 is 9.58. The lowest BCUT2D eigenvalue weighted by Gasteiger charge is -2.05. The standard InChI is InChI=1S/C12H18N4.C8H15BN2O2.C8H14N2.C8H12N2.CH4/c1-5-6-16-12(9(2)10(3)14-16)11-7-15(4)8-13-11;1-4-5-11-8(9(12)13)6(2)7(3)10-11;2*1-4-5-10-6-7(2)8(3)9-10;/h7-8H,5-6H2,1-4H3;12-13H,4-5H2,1-3H3;6H,4-5H2,1-3H3;4,6H,1,5H2,2-3H3;1H4. The minimum absolute atomic E-state index is 0. The average Bonchev–Trinajstić information content (AvgIpc) is 3.81. The minimum Gasteiger partial charge on any atom is -0.422 e. The molecule has 12 nitrogen and oxygen atoms in total. The number of imidazole rings is 1. The molecule has 0 fully saturated rings. The van der Waals surface area contributed by atoms with Crippen molar-refractivity contribution in [1.29, 1.82) is 0 Å². The molecule has 0 aliphatic rings. The number of hydrogen-bond donors (Lipinski definition) is 2. The zero-order valence-electron chi connectivity index (χ0n) is 32.0. The van der Waals surface area contributed by atoms with E-state index in [1.54, 1.807) is 4.68 Å². The fourth-order valence-electron chi connectivity index (χ4n) is 5.11. The van der Waals surface area contributed by atoms with E-state index in [0.717, 1.165) is 85.2 Å². The van der Waals surface area contributed by atoms with Gasteiger partial charge in [0.1, 0.15) is 5.69 Å². The van der Waals surface area contributed by atoms with Gasteiger partial charge in [-0.15, -0.1) is 6.58 Å². The van der Waals surface area contributed by atoms with Crippen molar-refractivity contribution in [2.45, 2.75) is 129 Å². The molecule has 5 heterocycles. The Morgan fingerprint density at radius 1 is 0.680 bits per heavy atom. The summed E-state index contributed by atoms with van der Waals surface area (Å²) in [6, 6.07) is 0. The summed E-state index contributed by atoms with van der Waals surface area (Å²) in [6.07, 6.45) is 13.0. The highest BCUT2D eigenvalue weighted by Crippen LogP contribution is 2.24. The van der Waals surface area contributed by atoms with Gasteiger partial charge in [0.2, 0.25) is 0 Å². The zero-order valence-corrected chi connectivity index (χ0v) is 32.0. The van der Waals surface area contributed by atoms with Gasteiger partial charge in [0.15, 0.2) is 0 Å². The largest absolute Gasteiger partial charge is 0.508 e. The van der Waals surface area contributed by atoms with E-state index in [0.29, 0.717) is 5.59 Å². The summed E-state index contributed by atoms with van der Waals surface area (Å²) in [5, 5.41) is 35.6. The van der Waals surface area contributed by atoms with E-state index < -0.39 is 7.12 Å². The van der Waals surface area contributed by atoms with Crippen molar-refractivity contribution in [3.8, 4) is 11.4 Å². The Labute approximate surface area is 301 Å². The highest BCUT2D eigenvalue weighted by atomic mass is 16.4. The van der Waals surface area contributed by atoms with E-state index in [9.17, 15) is 0 Å². The Kier molecular flexibility index (Phi) is 18.5. The summed E-state index contributed by atoms with van der Waals surface area (Å²) in [6.45, 7) is 29.6. The van der Waals surface area contributed by atoms with Crippen LogP contribution in [0.1, 0.15) is 92.5 Å². The third kappa shape index (κ3) is 12.3. The van der Waals surface area contributed by atoms with Gasteiger partial charge in [-0.25, -0.2) is 4.98 Å². The maximum Gasteiger partial charge on any atom is 0.508 e. The molecule has 13 heteroatoms. The van der Waals surface area contributed by atoms with E-state index in [-0.39, 0.29) is 7.43 Å². The van der Waals surface area contributed by atoms with Gasteiger partial charge in [-0.05, 0) is 96.9 Å². The lowest BCUT2D eigenvalue weighted by molar-refractivity contribution is 0.419. The fraction of sp³-hybridized carbons (Fsp3) is 0.541. The third-order valence-electron chi connectivity index (χ3n) is 8.12. The smallest absolute Gasteiger partial charge is 0.422 e. The Morgan fingerprint density at radius 3 is 1.62 bits per heavy atom. The number of hydrogen-bond acceptors (Lipinski definition) is 7. The van der Waals surface area contributed by atoms with Crippen LogP contribution in [0, 0.1) is 55.4 Å². The predicted molar refractivity (Wildman–Crippen MR) is 207 cm³/mol. The Hall–Kier alpha value is -4.23. The first-order chi connectivity index (χ1) is 23.2. The summed E-state index contributed by atoms with van der Waals surface area (Å²) >= 11 is 0. The van der Waals surface area contributed by atoms with Gasteiger partial charge >= 0.3 is 7.12 Å². The molecule has 5 aromatic heterocycles. The number of nitrogens with zero attached hydrogens (tertiary/aromatic N) is 10. The van der Waals surface area contributed by atoms with Crippen LogP contribution in [0.15, 0.2) is 37.6 Å². The quantitative estimate of drug-likeness (QED) is 0.133. The molecule has 0 bridgehead atoms. The Bertz CT molecular complexity index is 1700. The lowest BCUT2D eigenvalue weighted by atomic mass is 9.82. The number of rotatable bonds is 10. The second-order valence-corrected chi connectivity index (χ2v) is 12.5. The van der Waals surface area contributed by atoms with Crippen molar-refractivity contribution in [3.63, 3.8) is 0 Å². The molecular weight excluding hydrogens is 627 g/mol. The molecular formula is C37H63BN10O2. The minimum atomic E-state index is -1.42. The topological polar surface area (TPSA) is 130 Å². The maximum absolute atomic E-state index is 9.12. The number of aryl methyl sites for hydroxylation is 10. The van der Waals surface area contributed by atoms with Crippen LogP contribution < -0.4 is 5.59 Å². The van der Waals surface area contributed by atoms with Gasteiger partial charge in [0.05, 0.1) is 46.9 Å². The third-order valence-corrected chi connectivity index (χ3v) is 8.12. The summed E-state index contributed by atoms with van der Waals surface area (Å²) in [5.74, 6) is 0. The van der Waals surface area contributed by atoms with Crippen LogP contribution in [0.4, 0.5) is 0 Å². The van der Waals surface area contributed by atoms with Crippen LogP contribution in [0.25, 0.3) is 11.4 Å². The van der Waals surface area contributed by atoms with Crippen LogP contribution in [0.2, 0.25) is 0 Å². The monoisotopic (exact) mass is 691 g/mol. The van der Waals surface area contributed by atoms with Crippen molar-refractivity contribution in [2.24, 2.45) is 7.05 Å². The van der Waals surface area contributed by atoms with E-state index in [4.69, 9.17) is 10.0 Å². The van der Waals surface area contributed by atoms with Gasteiger partial charge in [0, 0.05) is 45.3 Å². The highest BCUT2D eigenvalue weighted by molar-refractivity contribution is 6.58. The molecule has 0 radical (unpaired) electrons. The van der Waals surface area contributed by atoms with Crippen LogP contribution in [0.3, 0.4) is 0 Å². The zero-order chi connectivity index (χ0) is 36.8. The molecule has 2 N–H and O–H groups in total. The Balaban J connectivity index is 0.000000338. The summed E-state index contributed by atoms with van der Waals surface area (Å²) in [4.78, 5) is 4.41. The molecule has 0 aliphatic heterocycles. The molecule has 0 amide bonds. The van der Waals surface area contributed by atoms with Gasteiger partial charge < -0.3 is 14.6 Å². The van der Waals surface area contributed by atoms with Crippen LogP contribution in [-0.4, -0.2) is 65.8 Å². The van der Waals surface area contributed by atoms with Crippen molar-refractivity contribution in [1.82, 2.24) is 48.7 Å². The molecule has 50 heavy (non-hydrogen) atoms. The van der Waals surface area contributed by atoms with E-state index >= 15 is 0 Å². The van der Waals surface area contributed by atoms with Crippen molar-refractivity contribution >= 4 is 12.7 Å². The van der Waals surface area contributed by atoms with Crippen molar-refractivity contribution in [3.05, 3.63) is 82.6 Å². The van der Waals surface area contributed by atoms with Crippen LogP contribution >= 0.6 is 0 Å². The number of aromatic nitrogens is 10. The molecule has 0 atom stereocenters. The lowest BCUT2D eigenvalue weighted by Crippen LogP contribution is -2.38. The van der Waals surface area contributed by atoms with E-state index in [2.05, 4.69) is 77.5 Å². The van der Waals surface area contributed by atoms with Gasteiger partial charge in [-0.2, -0.15) is 20.4 Å². The fourth-order valence-corrected chi connectivity index (χ4v) is 5.11. The first kappa shape index (κ1) is 43.8. The first-order valence-corrected chi connectivity index (χ1v) is 17.2. The molecule has 0 aromatic carbocycles. The molecule has 0 aliphatic carbocycles. The molecule has 5 aromatic rings. The van der Waals surface area contributed by atoms with Gasteiger partial charge in [0.25, 0.3) is 0 Å². The van der Waals surface area contributed by atoms with Crippen LogP contribution in [-0.2, 0) is 33.2 Å². The second-order valence-electron chi connectivity index (χ2n) is 12.5. The Morgan fingerprint density at radius 2 is 1.18 bits per heavy atom. The van der Waals surface area contributed by atoms with E-state index in [1.165, 1.54) is 16.7 Å². The van der Waals surface area contributed by atoms with Crippen molar-refractivity contribution < 1.29 is 10.0 Å². The highest BCUT2D eigenvalue weighted by Gasteiger charge is 2.22. The van der Waals surface area contributed by atoms with Crippen molar-refractivity contribution in [2.75, 3.05) is 0 Å². The SMILES string of the molecule is C.C=CCn1cc(C)c(C)n1.CCCn1cc(C)c(C)n1.CCCn1nc(C)c(C)c1-c1cn(C)cn1.CCCn1nc(C)c(C)c1B(O)O. The molecule has 0 spiro atoms.